The Kier molecular flexibility index (Phi) is 6.13. The van der Waals surface area contributed by atoms with Crippen LogP contribution in [0.3, 0.4) is 0 Å². The molecule has 0 saturated heterocycles. The molecule has 110 valence electrons. The minimum Gasteiger partial charge on any atom is -0.306 e. The third kappa shape index (κ3) is 6.65. The summed E-state index contributed by atoms with van der Waals surface area (Å²) in [5, 5.41) is 2.82. The average molecular weight is 300 g/mol. The summed E-state index contributed by atoms with van der Waals surface area (Å²) in [6.45, 7) is 4.34. The number of halogens is 2. The van der Waals surface area contributed by atoms with Crippen LogP contribution >= 0.6 is 11.8 Å². The predicted molar refractivity (Wildman–Crippen MR) is 79.0 cm³/mol. The Bertz CT molecular complexity index is 498. The second-order valence-electron chi connectivity index (χ2n) is 4.90. The molecule has 0 fully saturated rings. The minimum absolute atomic E-state index is 0.0992. The number of amides is 1. The highest BCUT2D eigenvalue weighted by molar-refractivity contribution is 8.13. The van der Waals surface area contributed by atoms with Gasteiger partial charge in [-0.3, -0.25) is 9.79 Å². The minimum atomic E-state index is -1.37. The summed E-state index contributed by atoms with van der Waals surface area (Å²) in [6.07, 6.45) is 0. The average Bonchev–Trinajstić information content (AvgIpc) is 2.33. The lowest BCUT2D eigenvalue weighted by atomic mass is 10.2. The monoisotopic (exact) mass is 300 g/mol. The van der Waals surface area contributed by atoms with Crippen LogP contribution in [0.1, 0.15) is 26.3 Å². The Morgan fingerprint density at radius 3 is 2.60 bits per heavy atom. The van der Waals surface area contributed by atoms with Gasteiger partial charge in [-0.1, -0.05) is 30.0 Å². The van der Waals surface area contributed by atoms with Gasteiger partial charge in [0.05, 0.1) is 6.54 Å². The van der Waals surface area contributed by atoms with Crippen LogP contribution in [-0.4, -0.2) is 22.5 Å². The van der Waals surface area contributed by atoms with E-state index >= 15 is 0 Å². The smallest absolute Gasteiger partial charge is 0.222 e. The first-order chi connectivity index (χ1) is 9.28. The summed E-state index contributed by atoms with van der Waals surface area (Å²) in [4.78, 5) is 15.2. The molecule has 0 aliphatic rings. The summed E-state index contributed by atoms with van der Waals surface area (Å²) >= 11 is 1.10. The van der Waals surface area contributed by atoms with Crippen LogP contribution in [0.2, 0.25) is 0 Å². The zero-order valence-corrected chi connectivity index (χ0v) is 12.6. The van der Waals surface area contributed by atoms with Crippen molar-refractivity contribution in [2.45, 2.75) is 33.0 Å². The van der Waals surface area contributed by atoms with Crippen LogP contribution in [0.4, 0.5) is 8.78 Å². The third-order valence-corrected chi connectivity index (χ3v) is 3.52. The highest BCUT2D eigenvalue weighted by Gasteiger charge is 2.17. The van der Waals surface area contributed by atoms with Crippen molar-refractivity contribution in [3.05, 3.63) is 35.6 Å². The number of alkyl halides is 1. The molecule has 0 atom stereocenters. The van der Waals surface area contributed by atoms with E-state index in [2.05, 4.69) is 10.3 Å². The molecule has 0 radical (unpaired) electrons. The third-order valence-electron chi connectivity index (χ3n) is 2.19. The Balaban J connectivity index is 2.74. The largest absolute Gasteiger partial charge is 0.306 e. The first-order valence-electron chi connectivity index (χ1n) is 6.15. The second-order valence-corrected chi connectivity index (χ2v) is 5.87. The van der Waals surface area contributed by atoms with E-state index in [1.165, 1.54) is 26.8 Å². The number of carbonyl (C=O) groups is 1. The lowest BCUT2D eigenvalue weighted by Crippen LogP contribution is -2.28. The molecule has 0 aliphatic heterocycles. The molecule has 0 aromatic heterocycles. The van der Waals surface area contributed by atoms with Crippen LogP contribution in [0.15, 0.2) is 29.3 Å². The van der Waals surface area contributed by atoms with Gasteiger partial charge in [0, 0.05) is 18.2 Å². The molecule has 6 heteroatoms. The van der Waals surface area contributed by atoms with Crippen molar-refractivity contribution < 1.29 is 13.6 Å². The summed E-state index contributed by atoms with van der Waals surface area (Å²) in [5.74, 6) is -0.487. The molecule has 20 heavy (non-hydrogen) atoms. The maximum Gasteiger partial charge on any atom is 0.222 e. The molecule has 0 saturated carbocycles. The lowest BCUT2D eigenvalue weighted by Gasteiger charge is -2.14. The zero-order valence-electron chi connectivity index (χ0n) is 11.7. The van der Waals surface area contributed by atoms with E-state index in [9.17, 15) is 13.6 Å². The van der Waals surface area contributed by atoms with Gasteiger partial charge in [0.2, 0.25) is 5.91 Å². The molecule has 0 spiro atoms. The van der Waals surface area contributed by atoms with Gasteiger partial charge in [0.1, 0.15) is 11.5 Å². The number of benzene rings is 1. The molecule has 0 heterocycles. The zero-order chi connectivity index (χ0) is 15.2. The van der Waals surface area contributed by atoms with E-state index in [-0.39, 0.29) is 24.0 Å². The van der Waals surface area contributed by atoms with E-state index in [1.807, 2.05) is 0 Å². The SMILES string of the molecule is CC(=O)NC(=NCc1ccccc1F)SCC(C)(C)F. The topological polar surface area (TPSA) is 41.5 Å². The Morgan fingerprint density at radius 1 is 1.40 bits per heavy atom. The van der Waals surface area contributed by atoms with Gasteiger partial charge < -0.3 is 5.32 Å². The number of amidine groups is 1. The lowest BCUT2D eigenvalue weighted by molar-refractivity contribution is -0.117. The van der Waals surface area contributed by atoms with Crippen molar-refractivity contribution in [3.63, 3.8) is 0 Å². The number of nitrogens with zero attached hydrogens (tertiary/aromatic N) is 1. The summed E-state index contributed by atoms with van der Waals surface area (Å²) in [5.41, 5.74) is -0.947. The molecule has 0 bridgehead atoms. The summed E-state index contributed by atoms with van der Waals surface area (Å²) < 4.78 is 26.9. The first-order valence-corrected chi connectivity index (χ1v) is 7.13. The van der Waals surface area contributed by atoms with E-state index in [0.29, 0.717) is 10.7 Å². The number of thioether (sulfide) groups is 1. The Labute approximate surface area is 121 Å². The molecule has 1 rings (SSSR count). The summed E-state index contributed by atoms with van der Waals surface area (Å²) in [6, 6.07) is 6.27. The van der Waals surface area contributed by atoms with Gasteiger partial charge in [0.15, 0.2) is 5.17 Å². The van der Waals surface area contributed by atoms with Crippen molar-refractivity contribution >= 4 is 22.8 Å². The number of carbonyl (C=O) groups excluding carboxylic acids is 1. The van der Waals surface area contributed by atoms with Gasteiger partial charge in [-0.05, 0) is 19.9 Å². The molecule has 1 aromatic rings. The van der Waals surface area contributed by atoms with Gasteiger partial charge in [-0.25, -0.2) is 8.78 Å². The van der Waals surface area contributed by atoms with Crippen molar-refractivity contribution in [1.82, 2.24) is 5.32 Å². The highest BCUT2D eigenvalue weighted by atomic mass is 32.2. The Hall–Kier alpha value is -1.43. The molecule has 0 unspecified atom stereocenters. The van der Waals surface area contributed by atoms with Crippen molar-refractivity contribution in [2.75, 3.05) is 5.75 Å². The molecular formula is C14H18F2N2OS. The van der Waals surface area contributed by atoms with E-state index < -0.39 is 5.67 Å². The second kappa shape index (κ2) is 7.38. The van der Waals surface area contributed by atoms with Gasteiger partial charge in [-0.2, -0.15) is 0 Å². The maximum atomic E-state index is 13.5. The fourth-order valence-electron chi connectivity index (χ4n) is 1.30. The van der Waals surface area contributed by atoms with Crippen molar-refractivity contribution in [3.8, 4) is 0 Å². The molecule has 1 aromatic carbocycles. The van der Waals surface area contributed by atoms with Crippen molar-refractivity contribution in [2.24, 2.45) is 4.99 Å². The molecular weight excluding hydrogens is 282 g/mol. The van der Waals surface area contributed by atoms with Crippen LogP contribution in [-0.2, 0) is 11.3 Å². The van der Waals surface area contributed by atoms with E-state index in [1.54, 1.807) is 18.2 Å². The van der Waals surface area contributed by atoms with Gasteiger partial charge >= 0.3 is 0 Å². The Morgan fingerprint density at radius 2 is 2.05 bits per heavy atom. The summed E-state index contributed by atoms with van der Waals surface area (Å²) in [7, 11) is 0. The fraction of sp³-hybridized carbons (Fsp3) is 0.429. The molecule has 1 N–H and O–H groups in total. The number of nitrogens with one attached hydrogen (secondary N) is 1. The van der Waals surface area contributed by atoms with Crippen LogP contribution in [0.25, 0.3) is 0 Å². The number of rotatable bonds is 4. The molecule has 1 amide bonds. The molecule has 3 nitrogen and oxygen atoms in total. The normalized spacial score (nSPS) is 12.3. The van der Waals surface area contributed by atoms with Crippen LogP contribution in [0, 0.1) is 5.82 Å². The maximum absolute atomic E-state index is 13.5. The van der Waals surface area contributed by atoms with Crippen molar-refractivity contribution in [1.29, 1.82) is 0 Å². The van der Waals surface area contributed by atoms with Gasteiger partial charge in [0.25, 0.3) is 0 Å². The number of aliphatic imine (C=N–C) groups is 1. The van der Waals surface area contributed by atoms with Crippen LogP contribution < -0.4 is 5.32 Å². The quantitative estimate of drug-likeness (QED) is 0.685. The molecule has 0 aliphatic carbocycles. The van der Waals surface area contributed by atoms with Crippen LogP contribution in [0.5, 0.6) is 0 Å². The van der Waals surface area contributed by atoms with E-state index in [4.69, 9.17) is 0 Å². The standard InChI is InChI=1S/C14H18F2N2OS/c1-10(19)18-13(20-9-14(2,3)16)17-8-11-6-4-5-7-12(11)15/h4-7H,8-9H2,1-3H3,(H,17,18,19). The fourth-order valence-corrected chi connectivity index (χ4v) is 2.15. The number of hydrogen-bond donors (Lipinski definition) is 1. The van der Waals surface area contributed by atoms with E-state index in [0.717, 1.165) is 11.8 Å². The number of hydrogen-bond acceptors (Lipinski definition) is 3. The highest BCUT2D eigenvalue weighted by Crippen LogP contribution is 2.18. The van der Waals surface area contributed by atoms with Gasteiger partial charge in [-0.15, -0.1) is 0 Å². The predicted octanol–water partition coefficient (Wildman–Crippen LogP) is 3.30. The first kappa shape index (κ1) is 16.6.